The van der Waals surface area contributed by atoms with Crippen LogP contribution in [0, 0.1) is 46.3 Å². The lowest BCUT2D eigenvalue weighted by Crippen LogP contribution is -2.59. The Morgan fingerprint density at radius 3 is 2.19 bits per heavy atom. The van der Waals surface area contributed by atoms with Crippen LogP contribution in [0.4, 0.5) is 0 Å². The Hall–Kier alpha value is -1.59. The molecule has 0 bridgehead atoms. The number of carbonyl (C=O) groups is 3. The molecule has 204 valence electrons. The Bertz CT molecular complexity index is 839. The van der Waals surface area contributed by atoms with Gasteiger partial charge in [-0.1, -0.05) is 20.8 Å². The highest BCUT2D eigenvalue weighted by Crippen LogP contribution is 2.68. The quantitative estimate of drug-likeness (QED) is 0.308. The summed E-state index contributed by atoms with van der Waals surface area (Å²) in [5.41, 5.74) is 0.378. The molecule has 36 heavy (non-hydrogen) atoms. The maximum absolute atomic E-state index is 12.2. The summed E-state index contributed by atoms with van der Waals surface area (Å²) in [6.07, 6.45) is 9.80. The van der Waals surface area contributed by atoms with Crippen molar-refractivity contribution in [3.05, 3.63) is 0 Å². The van der Waals surface area contributed by atoms with Gasteiger partial charge in [0.05, 0.1) is 6.61 Å². The number of ether oxygens (including phenoxy) is 3. The second-order valence-corrected chi connectivity index (χ2v) is 12.9. The van der Waals surface area contributed by atoms with Crippen LogP contribution >= 0.6 is 0 Å². The zero-order valence-electron chi connectivity index (χ0n) is 23.3. The number of hydrogen-bond donors (Lipinski definition) is 0. The zero-order chi connectivity index (χ0) is 26.3. The number of rotatable bonds is 7. The summed E-state index contributed by atoms with van der Waals surface area (Å²) in [6.45, 7) is 12.6. The van der Waals surface area contributed by atoms with Gasteiger partial charge in [-0.3, -0.25) is 14.4 Å². The monoisotopic (exact) mass is 504 g/mol. The van der Waals surface area contributed by atoms with Crippen LogP contribution in [0.1, 0.15) is 106 Å². The molecule has 0 spiro atoms. The van der Waals surface area contributed by atoms with Crippen molar-refractivity contribution in [2.45, 2.75) is 118 Å². The van der Waals surface area contributed by atoms with Crippen LogP contribution in [-0.2, 0) is 28.6 Å². The second-order valence-electron chi connectivity index (χ2n) is 12.9. The number of carbonyl (C=O) groups excluding carboxylic acids is 3. The smallest absolute Gasteiger partial charge is 0.305 e. The van der Waals surface area contributed by atoms with Crippen LogP contribution in [0.2, 0.25) is 0 Å². The van der Waals surface area contributed by atoms with E-state index in [0.717, 1.165) is 32.1 Å². The molecule has 0 amide bonds. The van der Waals surface area contributed by atoms with Gasteiger partial charge in [-0.25, -0.2) is 0 Å². The van der Waals surface area contributed by atoms with Crippen LogP contribution in [0.5, 0.6) is 0 Å². The minimum Gasteiger partial charge on any atom is -0.466 e. The molecule has 0 radical (unpaired) electrons. The van der Waals surface area contributed by atoms with Gasteiger partial charge in [-0.05, 0) is 105 Å². The molecule has 0 heterocycles. The van der Waals surface area contributed by atoms with Crippen molar-refractivity contribution >= 4 is 17.9 Å². The number of fused-ring (bicyclic) bond motifs is 5. The fraction of sp³-hybridized carbons (Fsp3) is 0.900. The maximum atomic E-state index is 12.2. The fourth-order valence-corrected chi connectivity index (χ4v) is 9.67. The van der Waals surface area contributed by atoms with Gasteiger partial charge in [0.15, 0.2) is 0 Å². The summed E-state index contributed by atoms with van der Waals surface area (Å²) in [6, 6.07) is 0. The maximum Gasteiger partial charge on any atom is 0.305 e. The van der Waals surface area contributed by atoms with E-state index < -0.39 is 0 Å². The van der Waals surface area contributed by atoms with Crippen molar-refractivity contribution in [3.8, 4) is 0 Å². The van der Waals surface area contributed by atoms with Crippen LogP contribution in [-0.4, -0.2) is 36.7 Å². The van der Waals surface area contributed by atoms with Gasteiger partial charge in [-0.15, -0.1) is 0 Å². The molecule has 4 saturated carbocycles. The zero-order valence-corrected chi connectivity index (χ0v) is 23.3. The summed E-state index contributed by atoms with van der Waals surface area (Å²) < 4.78 is 16.9. The minimum atomic E-state index is -0.219. The predicted octanol–water partition coefficient (Wildman–Crippen LogP) is 6.10. The first kappa shape index (κ1) is 27.4. The van der Waals surface area contributed by atoms with Gasteiger partial charge in [-0.2, -0.15) is 0 Å². The lowest BCUT2D eigenvalue weighted by atomic mass is 9.43. The molecule has 4 fully saturated rings. The van der Waals surface area contributed by atoms with E-state index in [9.17, 15) is 14.4 Å². The van der Waals surface area contributed by atoms with E-state index in [2.05, 4.69) is 20.8 Å². The van der Waals surface area contributed by atoms with Crippen molar-refractivity contribution in [2.24, 2.45) is 46.3 Å². The van der Waals surface area contributed by atoms with Crippen LogP contribution in [0.15, 0.2) is 0 Å². The topological polar surface area (TPSA) is 78.9 Å². The first-order valence-corrected chi connectivity index (χ1v) is 14.5. The van der Waals surface area contributed by atoms with E-state index in [4.69, 9.17) is 14.2 Å². The Kier molecular flexibility index (Phi) is 8.12. The molecule has 0 N–H and O–H groups in total. The highest BCUT2D eigenvalue weighted by molar-refractivity contribution is 5.69. The minimum absolute atomic E-state index is 0.0693. The van der Waals surface area contributed by atoms with E-state index in [1.165, 1.54) is 39.5 Å². The molecule has 4 aliphatic carbocycles. The molecule has 6 heteroatoms. The van der Waals surface area contributed by atoms with Gasteiger partial charge < -0.3 is 14.2 Å². The van der Waals surface area contributed by atoms with E-state index in [1.807, 2.05) is 6.92 Å². The highest BCUT2D eigenvalue weighted by Gasteiger charge is 2.63. The molecule has 0 aromatic rings. The lowest BCUT2D eigenvalue weighted by molar-refractivity contribution is -0.197. The fourth-order valence-electron chi connectivity index (χ4n) is 9.67. The Morgan fingerprint density at radius 2 is 1.53 bits per heavy atom. The lowest BCUT2D eigenvalue weighted by Gasteiger charge is -2.62. The summed E-state index contributed by atoms with van der Waals surface area (Å²) in [7, 11) is 0. The molecule has 0 saturated heterocycles. The van der Waals surface area contributed by atoms with Crippen LogP contribution in [0.25, 0.3) is 0 Å². The van der Waals surface area contributed by atoms with Crippen molar-refractivity contribution in [1.29, 1.82) is 0 Å². The van der Waals surface area contributed by atoms with Crippen molar-refractivity contribution in [1.82, 2.24) is 0 Å². The molecular formula is C30H48O6. The summed E-state index contributed by atoms with van der Waals surface area (Å²) in [5, 5.41) is 0. The molecule has 2 unspecified atom stereocenters. The molecule has 10 atom stereocenters. The standard InChI is InChI=1S/C30H48O6/c1-7-34-28(33)11-8-18(2)23-9-10-24-22-17-27(36-20(4)32)26-16-21(35-19(3)31)12-14-30(26,6)25(22)13-15-29(23,24)5/h18,21-27H,7-17H2,1-6H3/t18-,21?,22+,23-,24+,25+,26+,27?,29-,30-/m1/s1. The molecule has 0 aromatic heterocycles. The first-order chi connectivity index (χ1) is 17.0. The third-order valence-corrected chi connectivity index (χ3v) is 11.1. The SMILES string of the molecule is CCOC(=O)CC[C@@H](C)[C@H]1CC[C@H]2[C@@H]3CC(OC(C)=O)[C@@H]4CC(OC(C)=O)CC[C@]4(C)[C@H]3CC[C@]12C. The van der Waals surface area contributed by atoms with Gasteiger partial charge in [0.2, 0.25) is 0 Å². The summed E-state index contributed by atoms with van der Waals surface area (Å²) in [4.78, 5) is 35.8. The Balaban J connectivity index is 1.53. The first-order valence-electron chi connectivity index (χ1n) is 14.5. The molecular weight excluding hydrogens is 456 g/mol. The number of hydrogen-bond acceptors (Lipinski definition) is 6. The Labute approximate surface area is 217 Å². The van der Waals surface area contributed by atoms with E-state index >= 15 is 0 Å². The predicted molar refractivity (Wildman–Crippen MR) is 137 cm³/mol. The average molecular weight is 505 g/mol. The molecule has 6 nitrogen and oxygen atoms in total. The second kappa shape index (κ2) is 10.6. The molecule has 0 aromatic carbocycles. The molecule has 4 rings (SSSR count). The molecule has 4 aliphatic rings. The van der Waals surface area contributed by atoms with E-state index in [-0.39, 0.29) is 46.9 Å². The average Bonchev–Trinajstić information content (AvgIpc) is 3.15. The van der Waals surface area contributed by atoms with Crippen LogP contribution < -0.4 is 0 Å². The van der Waals surface area contributed by atoms with Crippen molar-refractivity contribution < 1.29 is 28.6 Å². The third kappa shape index (κ3) is 5.07. The van der Waals surface area contributed by atoms with Crippen molar-refractivity contribution in [3.63, 3.8) is 0 Å². The largest absolute Gasteiger partial charge is 0.466 e. The summed E-state index contributed by atoms with van der Waals surface area (Å²) in [5.74, 6) is 2.68. The Morgan fingerprint density at radius 1 is 0.861 bits per heavy atom. The number of esters is 3. The normalized spacial score (nSPS) is 42.3. The third-order valence-electron chi connectivity index (χ3n) is 11.1. The molecule has 0 aliphatic heterocycles. The van der Waals surface area contributed by atoms with Crippen LogP contribution in [0.3, 0.4) is 0 Å². The highest BCUT2D eigenvalue weighted by atomic mass is 16.6. The van der Waals surface area contributed by atoms with Gasteiger partial charge >= 0.3 is 17.9 Å². The van der Waals surface area contributed by atoms with Gasteiger partial charge in [0, 0.05) is 26.2 Å². The van der Waals surface area contributed by atoms with Gasteiger partial charge in [0.1, 0.15) is 12.2 Å². The van der Waals surface area contributed by atoms with E-state index in [0.29, 0.717) is 42.6 Å². The van der Waals surface area contributed by atoms with Gasteiger partial charge in [0.25, 0.3) is 0 Å². The van der Waals surface area contributed by atoms with E-state index in [1.54, 1.807) is 0 Å². The van der Waals surface area contributed by atoms with Crippen molar-refractivity contribution in [2.75, 3.05) is 6.61 Å². The summed E-state index contributed by atoms with van der Waals surface area (Å²) >= 11 is 0.